The van der Waals surface area contributed by atoms with Gasteiger partial charge in [-0.25, -0.2) is 0 Å². The second-order valence-electron chi connectivity index (χ2n) is 5.47. The molecule has 1 aliphatic rings. The molecule has 0 aliphatic carbocycles. The van der Waals surface area contributed by atoms with Crippen molar-refractivity contribution >= 4 is 21.4 Å². The molecule has 0 atom stereocenters. The van der Waals surface area contributed by atoms with Crippen molar-refractivity contribution in [2.45, 2.75) is 32.7 Å². The Morgan fingerprint density at radius 3 is 2.55 bits per heavy atom. The maximum absolute atomic E-state index is 5.82. The zero-order valence-corrected chi connectivity index (χ0v) is 13.1. The predicted octanol–water partition coefficient (Wildman–Crippen LogP) is 3.91. The van der Waals surface area contributed by atoms with E-state index in [-0.39, 0.29) is 0 Å². The fourth-order valence-corrected chi connectivity index (χ4v) is 4.13. The Hall–Kier alpha value is -1.26. The van der Waals surface area contributed by atoms with Crippen molar-refractivity contribution < 1.29 is 9.47 Å². The molecule has 1 N–H and O–H groups in total. The number of benzene rings is 1. The molecule has 0 saturated carbocycles. The van der Waals surface area contributed by atoms with Gasteiger partial charge in [0.25, 0.3) is 0 Å². The van der Waals surface area contributed by atoms with Crippen LogP contribution in [0.1, 0.15) is 36.6 Å². The van der Waals surface area contributed by atoms with Crippen molar-refractivity contribution in [3.05, 3.63) is 22.6 Å². The first kappa shape index (κ1) is 13.7. The SMILES string of the molecule is CNCc1sc2cc3c(cc2c1C(C)C)OCCCO3. The second-order valence-corrected chi connectivity index (χ2v) is 6.61. The van der Waals surface area contributed by atoms with Gasteiger partial charge >= 0.3 is 0 Å². The van der Waals surface area contributed by atoms with Gasteiger partial charge < -0.3 is 14.8 Å². The van der Waals surface area contributed by atoms with Gasteiger partial charge in [-0.05, 0) is 24.6 Å². The highest BCUT2D eigenvalue weighted by atomic mass is 32.1. The van der Waals surface area contributed by atoms with Crippen LogP contribution in [-0.2, 0) is 6.54 Å². The fraction of sp³-hybridized carbons (Fsp3) is 0.500. The Bertz CT molecular complexity index is 618. The summed E-state index contributed by atoms with van der Waals surface area (Å²) in [5.74, 6) is 2.30. The van der Waals surface area contributed by atoms with Gasteiger partial charge in [0.05, 0.1) is 13.2 Å². The first-order valence-corrected chi connectivity index (χ1v) is 8.02. The van der Waals surface area contributed by atoms with Crippen LogP contribution in [-0.4, -0.2) is 20.3 Å². The van der Waals surface area contributed by atoms with Crippen LogP contribution in [0.2, 0.25) is 0 Å². The fourth-order valence-electron chi connectivity index (χ4n) is 2.75. The van der Waals surface area contributed by atoms with Crippen molar-refractivity contribution in [1.29, 1.82) is 0 Å². The standard InChI is InChI=1S/C16H21NO2S/c1-10(2)16-11-7-12-13(19-6-4-5-18-12)8-14(11)20-15(16)9-17-3/h7-8,10,17H,4-6,9H2,1-3H3. The van der Waals surface area contributed by atoms with E-state index in [0.29, 0.717) is 5.92 Å². The molecule has 0 amide bonds. The van der Waals surface area contributed by atoms with Crippen LogP contribution in [0.25, 0.3) is 10.1 Å². The van der Waals surface area contributed by atoms with Gasteiger partial charge in [-0.15, -0.1) is 11.3 Å². The second kappa shape index (κ2) is 5.62. The van der Waals surface area contributed by atoms with Gasteiger partial charge in [0.15, 0.2) is 11.5 Å². The molecule has 0 spiro atoms. The van der Waals surface area contributed by atoms with Crippen LogP contribution < -0.4 is 14.8 Å². The zero-order valence-electron chi connectivity index (χ0n) is 12.3. The van der Waals surface area contributed by atoms with Crippen molar-refractivity contribution in [3.63, 3.8) is 0 Å². The molecule has 1 aromatic carbocycles. The summed E-state index contributed by atoms with van der Waals surface area (Å²) in [7, 11) is 2.00. The van der Waals surface area contributed by atoms with Crippen molar-refractivity contribution in [3.8, 4) is 11.5 Å². The van der Waals surface area contributed by atoms with Crippen LogP contribution in [0.15, 0.2) is 12.1 Å². The number of thiophene rings is 1. The summed E-state index contributed by atoms with van der Waals surface area (Å²) in [6, 6.07) is 4.31. The molecule has 0 bridgehead atoms. The third-order valence-electron chi connectivity index (χ3n) is 3.59. The molecule has 0 unspecified atom stereocenters. The van der Waals surface area contributed by atoms with E-state index in [0.717, 1.165) is 37.7 Å². The third kappa shape index (κ3) is 2.38. The first-order chi connectivity index (χ1) is 9.70. The Morgan fingerprint density at radius 1 is 1.20 bits per heavy atom. The molecule has 2 heterocycles. The van der Waals surface area contributed by atoms with E-state index in [1.54, 1.807) is 0 Å². The lowest BCUT2D eigenvalue weighted by Crippen LogP contribution is -2.05. The van der Waals surface area contributed by atoms with E-state index >= 15 is 0 Å². The number of hydrogen-bond acceptors (Lipinski definition) is 4. The Morgan fingerprint density at radius 2 is 1.90 bits per heavy atom. The van der Waals surface area contributed by atoms with Crippen LogP contribution in [0, 0.1) is 0 Å². The molecule has 108 valence electrons. The lowest BCUT2D eigenvalue weighted by molar-refractivity contribution is 0.297. The van der Waals surface area contributed by atoms with Gasteiger partial charge in [-0.1, -0.05) is 13.8 Å². The molecule has 1 aliphatic heterocycles. The molecule has 0 radical (unpaired) electrons. The average Bonchev–Trinajstić information content (AvgIpc) is 2.60. The Balaban J connectivity index is 2.17. The molecule has 0 fully saturated rings. The number of fused-ring (bicyclic) bond motifs is 2. The summed E-state index contributed by atoms with van der Waals surface area (Å²) < 4.78 is 12.9. The summed E-state index contributed by atoms with van der Waals surface area (Å²) in [4.78, 5) is 1.41. The quantitative estimate of drug-likeness (QED) is 0.930. The summed E-state index contributed by atoms with van der Waals surface area (Å²) in [6.45, 7) is 6.90. The van der Waals surface area contributed by atoms with Crippen LogP contribution in [0.4, 0.5) is 0 Å². The van der Waals surface area contributed by atoms with E-state index in [1.165, 1.54) is 20.5 Å². The zero-order chi connectivity index (χ0) is 14.1. The van der Waals surface area contributed by atoms with Crippen LogP contribution in [0.3, 0.4) is 0 Å². The average molecular weight is 291 g/mol. The van der Waals surface area contributed by atoms with Crippen LogP contribution >= 0.6 is 11.3 Å². The van der Waals surface area contributed by atoms with E-state index in [9.17, 15) is 0 Å². The molecule has 3 rings (SSSR count). The van der Waals surface area contributed by atoms with E-state index < -0.39 is 0 Å². The van der Waals surface area contributed by atoms with Crippen LogP contribution in [0.5, 0.6) is 11.5 Å². The minimum Gasteiger partial charge on any atom is -0.490 e. The highest BCUT2D eigenvalue weighted by Crippen LogP contribution is 2.42. The summed E-state index contributed by atoms with van der Waals surface area (Å²) in [5, 5.41) is 4.59. The third-order valence-corrected chi connectivity index (χ3v) is 4.76. The maximum Gasteiger partial charge on any atom is 0.162 e. The number of ether oxygens (including phenoxy) is 2. The molecule has 0 saturated heterocycles. The van der Waals surface area contributed by atoms with Gasteiger partial charge in [0, 0.05) is 34.0 Å². The van der Waals surface area contributed by atoms with E-state index in [4.69, 9.17) is 9.47 Å². The van der Waals surface area contributed by atoms with E-state index in [2.05, 4.69) is 31.3 Å². The topological polar surface area (TPSA) is 30.5 Å². The number of nitrogens with one attached hydrogen (secondary N) is 1. The van der Waals surface area contributed by atoms with Gasteiger partial charge in [0.2, 0.25) is 0 Å². The molecule has 1 aromatic heterocycles. The lowest BCUT2D eigenvalue weighted by Gasteiger charge is -2.10. The number of hydrogen-bond donors (Lipinski definition) is 1. The number of rotatable bonds is 3. The van der Waals surface area contributed by atoms with Crippen molar-refractivity contribution in [2.75, 3.05) is 20.3 Å². The largest absolute Gasteiger partial charge is 0.490 e. The summed E-state index contributed by atoms with van der Waals surface area (Å²) >= 11 is 1.86. The Labute approximate surface area is 123 Å². The molecular weight excluding hydrogens is 270 g/mol. The highest BCUT2D eigenvalue weighted by molar-refractivity contribution is 7.19. The minimum absolute atomic E-state index is 0.511. The normalized spacial score (nSPS) is 14.8. The van der Waals surface area contributed by atoms with E-state index in [1.807, 2.05) is 18.4 Å². The smallest absolute Gasteiger partial charge is 0.162 e. The maximum atomic E-state index is 5.82. The van der Waals surface area contributed by atoms with Crippen molar-refractivity contribution in [1.82, 2.24) is 5.32 Å². The minimum atomic E-state index is 0.511. The molecule has 3 nitrogen and oxygen atoms in total. The lowest BCUT2D eigenvalue weighted by atomic mass is 9.99. The monoisotopic (exact) mass is 291 g/mol. The highest BCUT2D eigenvalue weighted by Gasteiger charge is 2.19. The van der Waals surface area contributed by atoms with Gasteiger partial charge in [0.1, 0.15) is 0 Å². The summed E-state index contributed by atoms with van der Waals surface area (Å²) in [6.07, 6.45) is 0.949. The molecule has 4 heteroatoms. The van der Waals surface area contributed by atoms with Crippen molar-refractivity contribution in [2.24, 2.45) is 0 Å². The molecule has 20 heavy (non-hydrogen) atoms. The predicted molar refractivity (Wildman–Crippen MR) is 84.3 cm³/mol. The van der Waals surface area contributed by atoms with Gasteiger partial charge in [-0.3, -0.25) is 0 Å². The Kier molecular flexibility index (Phi) is 3.85. The molecule has 2 aromatic rings. The summed E-state index contributed by atoms with van der Waals surface area (Å²) in [5.41, 5.74) is 1.44. The first-order valence-electron chi connectivity index (χ1n) is 7.20. The van der Waals surface area contributed by atoms with Gasteiger partial charge in [-0.2, -0.15) is 0 Å². The molecular formula is C16H21NO2S.